The Balaban J connectivity index is 2.81. The first-order chi connectivity index (χ1) is 6.11. The molecule has 0 aliphatic carbocycles. The van der Waals surface area contributed by atoms with Gasteiger partial charge in [-0.2, -0.15) is 0 Å². The standard InChI is InChI=1S/C9H10O3S/c1-6(10)5-7(9(11)12)8-3-2-4-13-8/h2-4,7H,5H2,1H3,(H,11,12). The first kappa shape index (κ1) is 9.92. The molecule has 1 aromatic rings. The van der Waals surface area contributed by atoms with E-state index < -0.39 is 11.9 Å². The van der Waals surface area contributed by atoms with Crippen LogP contribution in [0, 0.1) is 0 Å². The highest BCUT2D eigenvalue weighted by Crippen LogP contribution is 2.24. The van der Waals surface area contributed by atoms with Crippen LogP contribution in [0.5, 0.6) is 0 Å². The van der Waals surface area contributed by atoms with Gasteiger partial charge < -0.3 is 5.11 Å². The van der Waals surface area contributed by atoms with Crippen molar-refractivity contribution in [1.82, 2.24) is 0 Å². The van der Waals surface area contributed by atoms with E-state index in [-0.39, 0.29) is 12.2 Å². The highest BCUT2D eigenvalue weighted by atomic mass is 32.1. The third-order valence-corrected chi connectivity index (χ3v) is 2.66. The predicted molar refractivity (Wildman–Crippen MR) is 50.0 cm³/mol. The van der Waals surface area contributed by atoms with Gasteiger partial charge in [-0.3, -0.25) is 9.59 Å². The van der Waals surface area contributed by atoms with Gasteiger partial charge in [0, 0.05) is 11.3 Å². The second kappa shape index (κ2) is 4.18. The Bertz CT molecular complexity index is 303. The Hall–Kier alpha value is -1.16. The fourth-order valence-corrected chi connectivity index (χ4v) is 1.91. The Morgan fingerprint density at radius 2 is 2.31 bits per heavy atom. The van der Waals surface area contributed by atoms with Gasteiger partial charge in [0.2, 0.25) is 0 Å². The number of Topliss-reactive ketones (excluding diaryl/α,β-unsaturated/α-hetero) is 1. The molecule has 0 saturated carbocycles. The van der Waals surface area contributed by atoms with Gasteiger partial charge in [-0.1, -0.05) is 6.07 Å². The molecular weight excluding hydrogens is 188 g/mol. The number of thiophene rings is 1. The molecule has 1 unspecified atom stereocenters. The number of carbonyl (C=O) groups excluding carboxylic acids is 1. The van der Waals surface area contributed by atoms with Gasteiger partial charge >= 0.3 is 5.97 Å². The quantitative estimate of drug-likeness (QED) is 0.803. The summed E-state index contributed by atoms with van der Waals surface area (Å²) >= 11 is 1.37. The van der Waals surface area contributed by atoms with Crippen molar-refractivity contribution in [3.8, 4) is 0 Å². The minimum atomic E-state index is -0.933. The molecule has 70 valence electrons. The van der Waals surface area contributed by atoms with E-state index in [1.807, 2.05) is 5.38 Å². The van der Waals surface area contributed by atoms with Crippen LogP contribution in [0.1, 0.15) is 24.1 Å². The Morgan fingerprint density at radius 3 is 2.69 bits per heavy atom. The lowest BCUT2D eigenvalue weighted by molar-refractivity contribution is -0.140. The molecule has 1 rings (SSSR count). The van der Waals surface area contributed by atoms with Crippen LogP contribution >= 0.6 is 11.3 Å². The Labute approximate surface area is 80.0 Å². The first-order valence-corrected chi connectivity index (χ1v) is 4.75. The average molecular weight is 198 g/mol. The zero-order valence-electron chi connectivity index (χ0n) is 7.19. The summed E-state index contributed by atoms with van der Waals surface area (Å²) in [7, 11) is 0. The fraction of sp³-hybridized carbons (Fsp3) is 0.333. The second-order valence-corrected chi connectivity index (χ2v) is 3.79. The van der Waals surface area contributed by atoms with Gasteiger partial charge in [0.25, 0.3) is 0 Å². The molecule has 0 aliphatic rings. The second-order valence-electron chi connectivity index (χ2n) is 2.81. The number of carboxylic acids is 1. The smallest absolute Gasteiger partial charge is 0.312 e. The zero-order valence-corrected chi connectivity index (χ0v) is 8.00. The van der Waals surface area contributed by atoms with Crippen molar-refractivity contribution in [3.05, 3.63) is 22.4 Å². The minimum absolute atomic E-state index is 0.0792. The summed E-state index contributed by atoms with van der Waals surface area (Å²) in [6.45, 7) is 1.41. The summed E-state index contributed by atoms with van der Waals surface area (Å²) < 4.78 is 0. The van der Waals surface area contributed by atoms with Crippen LogP contribution in [0.25, 0.3) is 0 Å². The van der Waals surface area contributed by atoms with Crippen LogP contribution in [-0.4, -0.2) is 16.9 Å². The first-order valence-electron chi connectivity index (χ1n) is 3.87. The average Bonchev–Trinajstić information content (AvgIpc) is 2.50. The van der Waals surface area contributed by atoms with Crippen molar-refractivity contribution in [2.45, 2.75) is 19.3 Å². The Kier molecular flexibility index (Phi) is 3.19. The van der Waals surface area contributed by atoms with E-state index in [0.717, 1.165) is 4.88 Å². The maximum atomic E-state index is 10.8. The van der Waals surface area contributed by atoms with Crippen molar-refractivity contribution < 1.29 is 14.7 Å². The number of ketones is 1. The molecule has 0 aliphatic heterocycles. The van der Waals surface area contributed by atoms with Crippen LogP contribution in [0.3, 0.4) is 0 Å². The molecule has 0 radical (unpaired) electrons. The summed E-state index contributed by atoms with van der Waals surface area (Å²) in [4.78, 5) is 22.3. The number of hydrogen-bond donors (Lipinski definition) is 1. The summed E-state index contributed by atoms with van der Waals surface area (Å²) in [6.07, 6.45) is 0.0792. The third kappa shape index (κ3) is 2.66. The van der Waals surface area contributed by atoms with Crippen LogP contribution in [0.15, 0.2) is 17.5 Å². The van der Waals surface area contributed by atoms with E-state index in [2.05, 4.69) is 0 Å². The van der Waals surface area contributed by atoms with Crippen LogP contribution in [-0.2, 0) is 9.59 Å². The molecule has 1 aromatic heterocycles. The molecule has 0 bridgehead atoms. The monoisotopic (exact) mass is 198 g/mol. The SMILES string of the molecule is CC(=O)CC(C(=O)O)c1cccs1. The number of carboxylic acid groups (broad SMARTS) is 1. The zero-order chi connectivity index (χ0) is 9.84. The molecule has 3 nitrogen and oxygen atoms in total. The molecule has 0 spiro atoms. The van der Waals surface area contributed by atoms with E-state index in [0.29, 0.717) is 0 Å². The summed E-state index contributed by atoms with van der Waals surface area (Å²) in [5.74, 6) is -1.70. The molecule has 1 N–H and O–H groups in total. The number of hydrogen-bond acceptors (Lipinski definition) is 3. The van der Waals surface area contributed by atoms with Crippen molar-refractivity contribution >= 4 is 23.1 Å². The predicted octanol–water partition coefficient (Wildman–Crippen LogP) is 1.90. The van der Waals surface area contributed by atoms with Gasteiger partial charge in [-0.25, -0.2) is 0 Å². The summed E-state index contributed by atoms with van der Waals surface area (Å²) in [5, 5.41) is 10.7. The van der Waals surface area contributed by atoms with E-state index in [9.17, 15) is 9.59 Å². The molecule has 13 heavy (non-hydrogen) atoms. The molecule has 0 amide bonds. The van der Waals surface area contributed by atoms with Gasteiger partial charge in [0.05, 0.1) is 5.92 Å². The van der Waals surface area contributed by atoms with Crippen LogP contribution in [0.2, 0.25) is 0 Å². The molecular formula is C9H10O3S. The summed E-state index contributed by atoms with van der Waals surface area (Å²) in [5.41, 5.74) is 0. The fourth-order valence-electron chi connectivity index (χ4n) is 1.09. The van der Waals surface area contributed by atoms with E-state index >= 15 is 0 Å². The van der Waals surface area contributed by atoms with Crippen molar-refractivity contribution in [2.75, 3.05) is 0 Å². The molecule has 0 aromatic carbocycles. The molecule has 0 fully saturated rings. The molecule has 0 saturated heterocycles. The van der Waals surface area contributed by atoms with Gasteiger partial charge in [-0.05, 0) is 18.4 Å². The lowest BCUT2D eigenvalue weighted by Crippen LogP contribution is -2.13. The maximum Gasteiger partial charge on any atom is 0.312 e. The molecule has 1 heterocycles. The van der Waals surface area contributed by atoms with Gasteiger partial charge in [0.15, 0.2) is 0 Å². The Morgan fingerprint density at radius 1 is 1.62 bits per heavy atom. The minimum Gasteiger partial charge on any atom is -0.481 e. The largest absolute Gasteiger partial charge is 0.481 e. The van der Waals surface area contributed by atoms with E-state index in [4.69, 9.17) is 5.11 Å². The number of carbonyl (C=O) groups is 2. The van der Waals surface area contributed by atoms with Crippen LogP contribution in [0.4, 0.5) is 0 Å². The normalized spacial score (nSPS) is 12.4. The maximum absolute atomic E-state index is 10.8. The van der Waals surface area contributed by atoms with Crippen molar-refractivity contribution in [1.29, 1.82) is 0 Å². The lowest BCUT2D eigenvalue weighted by atomic mass is 10.0. The number of rotatable bonds is 4. The molecule has 4 heteroatoms. The van der Waals surface area contributed by atoms with Crippen LogP contribution < -0.4 is 0 Å². The summed E-state index contributed by atoms with van der Waals surface area (Å²) in [6, 6.07) is 3.53. The lowest BCUT2D eigenvalue weighted by Gasteiger charge is -2.06. The highest BCUT2D eigenvalue weighted by molar-refractivity contribution is 7.10. The van der Waals surface area contributed by atoms with E-state index in [1.54, 1.807) is 12.1 Å². The molecule has 1 atom stereocenters. The van der Waals surface area contributed by atoms with E-state index in [1.165, 1.54) is 18.3 Å². The highest BCUT2D eigenvalue weighted by Gasteiger charge is 2.22. The third-order valence-electron chi connectivity index (χ3n) is 1.68. The number of aliphatic carboxylic acids is 1. The van der Waals surface area contributed by atoms with Gasteiger partial charge in [-0.15, -0.1) is 11.3 Å². The topological polar surface area (TPSA) is 54.4 Å². The van der Waals surface area contributed by atoms with Gasteiger partial charge in [0.1, 0.15) is 5.78 Å². The van der Waals surface area contributed by atoms with Crippen molar-refractivity contribution in [3.63, 3.8) is 0 Å². The van der Waals surface area contributed by atoms with Crippen molar-refractivity contribution in [2.24, 2.45) is 0 Å².